The smallest absolute Gasteiger partial charge is 0.255 e. The third kappa shape index (κ3) is 2.94. The van der Waals surface area contributed by atoms with Gasteiger partial charge in [-0.15, -0.1) is 0 Å². The van der Waals surface area contributed by atoms with Gasteiger partial charge in [0.2, 0.25) is 5.95 Å². The summed E-state index contributed by atoms with van der Waals surface area (Å²) in [5.74, 6) is 1.76. The Balaban J connectivity index is 1.73. The lowest BCUT2D eigenvalue weighted by Gasteiger charge is -2.20. The van der Waals surface area contributed by atoms with Gasteiger partial charge in [0, 0.05) is 21.1 Å². The maximum Gasteiger partial charge on any atom is 0.255 e. The number of rotatable bonds is 4. The second kappa shape index (κ2) is 6.20. The Kier molecular flexibility index (Phi) is 4.10. The summed E-state index contributed by atoms with van der Waals surface area (Å²) in [5.41, 5.74) is 1.40. The van der Waals surface area contributed by atoms with Crippen LogP contribution in [0.3, 0.4) is 0 Å². The summed E-state index contributed by atoms with van der Waals surface area (Å²) in [6.07, 6.45) is 1.76. The van der Waals surface area contributed by atoms with Crippen LogP contribution in [0, 0.1) is 0 Å². The van der Waals surface area contributed by atoms with Gasteiger partial charge >= 0.3 is 0 Å². The number of fused-ring (bicyclic) bond motifs is 1. The van der Waals surface area contributed by atoms with E-state index in [1.54, 1.807) is 24.4 Å². The van der Waals surface area contributed by atoms with Gasteiger partial charge in [-0.1, -0.05) is 6.07 Å². The van der Waals surface area contributed by atoms with Crippen LogP contribution in [0.4, 0.5) is 5.95 Å². The Morgan fingerprint density at radius 1 is 1.35 bits per heavy atom. The van der Waals surface area contributed by atoms with Crippen molar-refractivity contribution in [2.75, 3.05) is 32.2 Å². The van der Waals surface area contributed by atoms with Crippen molar-refractivity contribution in [2.24, 2.45) is 7.05 Å². The molecule has 1 aliphatic heterocycles. The molecule has 0 radical (unpaired) electrons. The Morgan fingerprint density at radius 3 is 2.87 bits per heavy atom. The molecule has 0 saturated heterocycles. The van der Waals surface area contributed by atoms with Crippen LogP contribution in [0.25, 0.3) is 0 Å². The number of nitrogens with zero attached hydrogens (tertiary/aromatic N) is 3. The normalized spacial score (nSPS) is 12.8. The molecule has 0 saturated carbocycles. The monoisotopic (exact) mass is 316 g/mol. The van der Waals surface area contributed by atoms with Gasteiger partial charge in [-0.05, 0) is 12.1 Å². The summed E-state index contributed by atoms with van der Waals surface area (Å²) in [6, 6.07) is 5.32. The largest absolute Gasteiger partial charge is 0.486 e. The van der Waals surface area contributed by atoms with Crippen molar-refractivity contribution in [2.45, 2.75) is 6.54 Å². The summed E-state index contributed by atoms with van der Waals surface area (Å²) in [4.78, 5) is 18.7. The van der Waals surface area contributed by atoms with Crippen molar-refractivity contribution in [1.29, 1.82) is 0 Å². The average Bonchev–Trinajstić information content (AvgIpc) is 2.93. The van der Waals surface area contributed by atoms with Crippen molar-refractivity contribution >= 4 is 11.9 Å². The molecule has 7 heteroatoms. The van der Waals surface area contributed by atoms with E-state index in [9.17, 15) is 4.79 Å². The first-order chi connectivity index (χ1) is 11.1. The fourth-order valence-corrected chi connectivity index (χ4v) is 2.53. The Morgan fingerprint density at radius 2 is 2.13 bits per heavy atom. The standard InChI is InChI=1S/C16H20N4O3/c1-19(2)16-18-10-11(20(16)3)9-17-15(21)12-5-4-6-13-14(12)23-8-7-22-13/h4-6,10H,7-9H2,1-3H3,(H,17,21). The maximum absolute atomic E-state index is 12.5. The van der Waals surface area contributed by atoms with Crippen molar-refractivity contribution in [3.05, 3.63) is 35.7 Å². The van der Waals surface area contributed by atoms with Gasteiger partial charge in [-0.3, -0.25) is 4.79 Å². The first-order valence-electron chi connectivity index (χ1n) is 7.42. The number of para-hydroxylation sites is 1. The average molecular weight is 316 g/mol. The molecule has 2 aromatic rings. The van der Waals surface area contributed by atoms with Crippen LogP contribution in [-0.2, 0) is 13.6 Å². The fraction of sp³-hybridized carbons (Fsp3) is 0.375. The number of anilines is 1. The fourth-order valence-electron chi connectivity index (χ4n) is 2.53. The zero-order valence-electron chi connectivity index (χ0n) is 13.5. The predicted molar refractivity (Wildman–Crippen MR) is 86.1 cm³/mol. The van der Waals surface area contributed by atoms with E-state index in [1.807, 2.05) is 30.6 Å². The SMILES string of the molecule is CN(C)c1ncc(CNC(=O)c2cccc3c2OCCO3)n1C. The zero-order chi connectivity index (χ0) is 16.4. The van der Waals surface area contributed by atoms with Crippen LogP contribution in [-0.4, -0.2) is 42.8 Å². The zero-order valence-corrected chi connectivity index (χ0v) is 13.5. The molecule has 1 amide bonds. The van der Waals surface area contributed by atoms with Gasteiger partial charge in [0.25, 0.3) is 5.91 Å². The lowest BCUT2D eigenvalue weighted by molar-refractivity contribution is 0.0939. The molecule has 7 nitrogen and oxygen atoms in total. The van der Waals surface area contributed by atoms with E-state index in [1.165, 1.54) is 0 Å². The number of amides is 1. The minimum Gasteiger partial charge on any atom is -0.486 e. The maximum atomic E-state index is 12.5. The van der Waals surface area contributed by atoms with Crippen molar-refractivity contribution in [1.82, 2.24) is 14.9 Å². The summed E-state index contributed by atoms with van der Waals surface area (Å²) < 4.78 is 13.0. The van der Waals surface area contributed by atoms with Gasteiger partial charge in [0.05, 0.1) is 24.0 Å². The Bertz CT molecular complexity index is 724. The molecule has 1 aromatic heterocycles. The number of ether oxygens (including phenoxy) is 2. The predicted octanol–water partition coefficient (Wildman–Crippen LogP) is 1.19. The molecule has 122 valence electrons. The van der Waals surface area contributed by atoms with Crippen molar-refractivity contribution in [3.8, 4) is 11.5 Å². The van der Waals surface area contributed by atoms with E-state index in [0.29, 0.717) is 36.8 Å². The van der Waals surface area contributed by atoms with E-state index in [0.717, 1.165) is 11.6 Å². The van der Waals surface area contributed by atoms with Crippen LogP contribution in [0.15, 0.2) is 24.4 Å². The van der Waals surface area contributed by atoms with Gasteiger partial charge in [-0.25, -0.2) is 4.98 Å². The van der Waals surface area contributed by atoms with Crippen LogP contribution < -0.4 is 19.7 Å². The molecule has 1 aromatic carbocycles. The highest BCUT2D eigenvalue weighted by Gasteiger charge is 2.20. The quantitative estimate of drug-likeness (QED) is 0.917. The molecule has 0 atom stereocenters. The Hall–Kier alpha value is -2.70. The number of benzene rings is 1. The second-order valence-corrected chi connectivity index (χ2v) is 5.52. The number of carbonyl (C=O) groups excluding carboxylic acids is 1. The molecular formula is C16H20N4O3. The van der Waals surface area contributed by atoms with Crippen LogP contribution >= 0.6 is 0 Å². The first kappa shape index (κ1) is 15.2. The lowest BCUT2D eigenvalue weighted by atomic mass is 10.1. The molecule has 2 heterocycles. The molecule has 23 heavy (non-hydrogen) atoms. The highest BCUT2D eigenvalue weighted by Crippen LogP contribution is 2.33. The highest BCUT2D eigenvalue weighted by atomic mass is 16.6. The topological polar surface area (TPSA) is 68.6 Å². The van der Waals surface area contributed by atoms with E-state index < -0.39 is 0 Å². The molecule has 1 aliphatic rings. The van der Waals surface area contributed by atoms with Crippen LogP contribution in [0.5, 0.6) is 11.5 Å². The minimum absolute atomic E-state index is 0.194. The number of aromatic nitrogens is 2. The molecule has 0 aliphatic carbocycles. The number of hydrogen-bond acceptors (Lipinski definition) is 5. The Labute approximate surface area is 134 Å². The molecule has 0 fully saturated rings. The van der Waals surface area contributed by atoms with Gasteiger partial charge in [0.1, 0.15) is 13.2 Å². The summed E-state index contributed by atoms with van der Waals surface area (Å²) in [5, 5.41) is 2.90. The molecule has 0 bridgehead atoms. The van der Waals surface area contributed by atoms with Gasteiger partial charge in [-0.2, -0.15) is 0 Å². The lowest BCUT2D eigenvalue weighted by Crippen LogP contribution is -2.26. The second-order valence-electron chi connectivity index (χ2n) is 5.52. The number of imidazole rings is 1. The van der Waals surface area contributed by atoms with E-state index in [4.69, 9.17) is 9.47 Å². The highest BCUT2D eigenvalue weighted by molar-refractivity contribution is 5.97. The first-order valence-corrected chi connectivity index (χ1v) is 7.42. The third-order valence-corrected chi connectivity index (χ3v) is 3.70. The summed E-state index contributed by atoms with van der Waals surface area (Å²) in [7, 11) is 5.78. The van der Waals surface area contributed by atoms with Gasteiger partial charge in [0.15, 0.2) is 11.5 Å². The molecule has 1 N–H and O–H groups in total. The van der Waals surface area contributed by atoms with Crippen molar-refractivity contribution < 1.29 is 14.3 Å². The van der Waals surface area contributed by atoms with Crippen molar-refractivity contribution in [3.63, 3.8) is 0 Å². The van der Waals surface area contributed by atoms with E-state index >= 15 is 0 Å². The van der Waals surface area contributed by atoms with Gasteiger partial charge < -0.3 is 24.3 Å². The summed E-state index contributed by atoms with van der Waals surface area (Å²) in [6.45, 7) is 1.34. The summed E-state index contributed by atoms with van der Waals surface area (Å²) >= 11 is 0. The molecular weight excluding hydrogens is 296 g/mol. The third-order valence-electron chi connectivity index (χ3n) is 3.70. The van der Waals surface area contributed by atoms with Crippen LogP contribution in [0.2, 0.25) is 0 Å². The van der Waals surface area contributed by atoms with E-state index in [-0.39, 0.29) is 5.91 Å². The molecule has 0 spiro atoms. The number of nitrogens with one attached hydrogen (secondary N) is 1. The van der Waals surface area contributed by atoms with E-state index in [2.05, 4.69) is 10.3 Å². The minimum atomic E-state index is -0.194. The molecule has 0 unspecified atom stereocenters. The van der Waals surface area contributed by atoms with Crippen LogP contribution in [0.1, 0.15) is 16.1 Å². The number of carbonyl (C=O) groups is 1. The number of hydrogen-bond donors (Lipinski definition) is 1. The molecule has 3 rings (SSSR count).